The van der Waals surface area contributed by atoms with Crippen LogP contribution in [-0.4, -0.2) is 84.8 Å². The number of aliphatic hydroxyl groups excluding tert-OH is 2. The number of ether oxygens (including phenoxy) is 2. The normalized spacial score (nSPS) is 19.5. The number of hydrogen-bond acceptors (Lipinski definition) is 6. The molecule has 30 heavy (non-hydrogen) atoms. The summed E-state index contributed by atoms with van der Waals surface area (Å²) in [4.78, 5) is 4.41. The van der Waals surface area contributed by atoms with E-state index < -0.39 is 0 Å². The van der Waals surface area contributed by atoms with Crippen LogP contribution in [-0.2, 0) is 22.6 Å². The Balaban J connectivity index is 1.45. The fourth-order valence-corrected chi connectivity index (χ4v) is 3.81. The third-order valence-corrected chi connectivity index (χ3v) is 5.29. The molecule has 2 N–H and O–H groups in total. The molecule has 0 aliphatic carbocycles. The van der Waals surface area contributed by atoms with E-state index in [0.717, 1.165) is 26.2 Å². The van der Waals surface area contributed by atoms with Gasteiger partial charge >= 0.3 is 0 Å². The maximum atomic E-state index is 9.42. The molecule has 0 bridgehead atoms. The summed E-state index contributed by atoms with van der Waals surface area (Å²) in [5.74, 6) is 0. The van der Waals surface area contributed by atoms with Crippen molar-refractivity contribution in [1.82, 2.24) is 9.80 Å². The molecule has 2 atom stereocenters. The Labute approximate surface area is 179 Å². The van der Waals surface area contributed by atoms with E-state index in [0.29, 0.717) is 26.3 Å². The average Bonchev–Trinajstić information content (AvgIpc) is 2.77. The van der Waals surface area contributed by atoms with Crippen LogP contribution >= 0.6 is 0 Å². The summed E-state index contributed by atoms with van der Waals surface area (Å²) in [6.07, 6.45) is -0.00569. The Morgan fingerprint density at radius 3 is 1.40 bits per heavy atom. The molecular weight excluding hydrogens is 380 g/mol. The van der Waals surface area contributed by atoms with Gasteiger partial charge in [-0.25, -0.2) is 0 Å². The first-order valence-corrected chi connectivity index (χ1v) is 10.7. The monoisotopic (exact) mass is 414 g/mol. The molecule has 0 unspecified atom stereocenters. The SMILES string of the molecule is OCCN(Cc1ccccc1)C[C@H]1CO[C@H](CN(CCO)Cc2ccccc2)CO1. The third kappa shape index (κ3) is 7.80. The second-order valence-electron chi connectivity index (χ2n) is 7.80. The van der Waals surface area contributed by atoms with Gasteiger partial charge in [0.15, 0.2) is 0 Å². The largest absolute Gasteiger partial charge is 0.395 e. The molecule has 1 saturated heterocycles. The first kappa shape index (κ1) is 22.9. The standard InChI is InChI=1S/C24H34N2O4/c27-13-11-25(15-21-7-3-1-4-8-21)17-23-19-30-24(20-29-23)18-26(12-14-28)16-22-9-5-2-6-10-22/h1-10,23-24,27-28H,11-20H2/t23-,24+. The minimum absolute atomic E-state index is 0.00285. The lowest BCUT2D eigenvalue weighted by Gasteiger charge is -2.35. The molecule has 3 rings (SSSR count). The van der Waals surface area contributed by atoms with Crippen LogP contribution in [0.4, 0.5) is 0 Å². The first-order valence-electron chi connectivity index (χ1n) is 10.7. The third-order valence-electron chi connectivity index (χ3n) is 5.29. The van der Waals surface area contributed by atoms with Gasteiger partial charge in [-0.2, -0.15) is 0 Å². The van der Waals surface area contributed by atoms with Crippen LogP contribution in [0, 0.1) is 0 Å². The second kappa shape index (κ2) is 12.8. The molecule has 2 aromatic carbocycles. The van der Waals surface area contributed by atoms with E-state index in [1.165, 1.54) is 11.1 Å². The fourth-order valence-electron chi connectivity index (χ4n) is 3.81. The first-order chi connectivity index (χ1) is 14.8. The fraction of sp³-hybridized carbons (Fsp3) is 0.500. The van der Waals surface area contributed by atoms with E-state index in [2.05, 4.69) is 34.1 Å². The summed E-state index contributed by atoms with van der Waals surface area (Å²) < 4.78 is 12.2. The lowest BCUT2D eigenvalue weighted by atomic mass is 10.2. The van der Waals surface area contributed by atoms with Gasteiger partial charge in [0, 0.05) is 39.3 Å². The quantitative estimate of drug-likeness (QED) is 0.552. The van der Waals surface area contributed by atoms with E-state index in [1.54, 1.807) is 0 Å². The molecule has 1 heterocycles. The molecule has 1 aliphatic rings. The van der Waals surface area contributed by atoms with Crippen LogP contribution in [0.5, 0.6) is 0 Å². The zero-order chi connectivity index (χ0) is 21.0. The summed E-state index contributed by atoms with van der Waals surface area (Å²) >= 11 is 0. The van der Waals surface area contributed by atoms with Crippen molar-refractivity contribution in [2.24, 2.45) is 0 Å². The summed E-state index contributed by atoms with van der Waals surface area (Å²) in [5.41, 5.74) is 2.45. The van der Waals surface area contributed by atoms with Crippen molar-refractivity contribution in [2.45, 2.75) is 25.3 Å². The van der Waals surface area contributed by atoms with Crippen molar-refractivity contribution in [3.63, 3.8) is 0 Å². The van der Waals surface area contributed by atoms with Gasteiger partial charge in [-0.3, -0.25) is 9.80 Å². The predicted molar refractivity (Wildman–Crippen MR) is 117 cm³/mol. The van der Waals surface area contributed by atoms with Crippen LogP contribution in [0.1, 0.15) is 11.1 Å². The van der Waals surface area contributed by atoms with Crippen LogP contribution in [0.25, 0.3) is 0 Å². The Hall–Kier alpha value is -1.80. The van der Waals surface area contributed by atoms with E-state index in [9.17, 15) is 10.2 Å². The highest BCUT2D eigenvalue weighted by Gasteiger charge is 2.25. The van der Waals surface area contributed by atoms with Crippen molar-refractivity contribution >= 4 is 0 Å². The smallest absolute Gasteiger partial charge is 0.0936 e. The van der Waals surface area contributed by atoms with Gasteiger partial charge in [0.05, 0.1) is 38.6 Å². The van der Waals surface area contributed by atoms with Gasteiger partial charge in [0.25, 0.3) is 0 Å². The molecule has 2 aromatic rings. The molecule has 0 saturated carbocycles. The lowest BCUT2D eigenvalue weighted by Crippen LogP contribution is -2.47. The average molecular weight is 415 g/mol. The van der Waals surface area contributed by atoms with E-state index >= 15 is 0 Å². The van der Waals surface area contributed by atoms with Gasteiger partial charge < -0.3 is 19.7 Å². The molecule has 0 aromatic heterocycles. The number of nitrogens with zero attached hydrogens (tertiary/aromatic N) is 2. The van der Waals surface area contributed by atoms with E-state index in [-0.39, 0.29) is 25.4 Å². The molecule has 0 spiro atoms. The molecule has 0 radical (unpaired) electrons. The van der Waals surface area contributed by atoms with Crippen LogP contribution in [0.15, 0.2) is 60.7 Å². The molecule has 0 amide bonds. The highest BCUT2D eigenvalue weighted by molar-refractivity contribution is 5.15. The Morgan fingerprint density at radius 1 is 0.667 bits per heavy atom. The van der Waals surface area contributed by atoms with Crippen molar-refractivity contribution in [1.29, 1.82) is 0 Å². The second-order valence-corrected chi connectivity index (χ2v) is 7.80. The van der Waals surface area contributed by atoms with E-state index in [4.69, 9.17) is 9.47 Å². The van der Waals surface area contributed by atoms with E-state index in [1.807, 2.05) is 36.4 Å². The van der Waals surface area contributed by atoms with Crippen LogP contribution < -0.4 is 0 Å². The number of rotatable bonds is 12. The van der Waals surface area contributed by atoms with Gasteiger partial charge in [0.1, 0.15) is 0 Å². The van der Waals surface area contributed by atoms with Crippen molar-refractivity contribution < 1.29 is 19.7 Å². The maximum Gasteiger partial charge on any atom is 0.0936 e. The summed E-state index contributed by atoms with van der Waals surface area (Å²) in [6.45, 7) is 5.58. The lowest BCUT2D eigenvalue weighted by molar-refractivity contribution is -0.146. The molecule has 1 fully saturated rings. The van der Waals surface area contributed by atoms with Crippen molar-refractivity contribution in [2.75, 3.05) is 52.6 Å². The minimum atomic E-state index is -0.00285. The molecule has 164 valence electrons. The highest BCUT2D eigenvalue weighted by Crippen LogP contribution is 2.14. The van der Waals surface area contributed by atoms with Gasteiger partial charge in [0.2, 0.25) is 0 Å². The zero-order valence-corrected chi connectivity index (χ0v) is 17.6. The Kier molecular flexibility index (Phi) is 9.76. The van der Waals surface area contributed by atoms with Gasteiger partial charge in [-0.15, -0.1) is 0 Å². The number of hydrogen-bond donors (Lipinski definition) is 2. The molecule has 6 heteroatoms. The Bertz CT molecular complexity index is 631. The highest BCUT2D eigenvalue weighted by atomic mass is 16.6. The van der Waals surface area contributed by atoms with Crippen LogP contribution in [0.3, 0.4) is 0 Å². The summed E-state index contributed by atoms with van der Waals surface area (Å²) in [6, 6.07) is 20.5. The molecule has 1 aliphatic heterocycles. The summed E-state index contributed by atoms with van der Waals surface area (Å²) in [7, 11) is 0. The Morgan fingerprint density at radius 2 is 1.07 bits per heavy atom. The zero-order valence-electron chi connectivity index (χ0n) is 17.6. The molecule has 6 nitrogen and oxygen atoms in total. The van der Waals surface area contributed by atoms with Gasteiger partial charge in [-0.05, 0) is 11.1 Å². The van der Waals surface area contributed by atoms with Crippen molar-refractivity contribution in [3.05, 3.63) is 71.8 Å². The predicted octanol–water partition coefficient (Wildman–Crippen LogP) is 1.76. The molecular formula is C24H34N2O4. The number of benzene rings is 2. The summed E-state index contributed by atoms with van der Waals surface area (Å²) in [5, 5.41) is 18.8. The van der Waals surface area contributed by atoms with Crippen molar-refractivity contribution in [3.8, 4) is 0 Å². The van der Waals surface area contributed by atoms with Crippen LogP contribution in [0.2, 0.25) is 0 Å². The van der Waals surface area contributed by atoms with Gasteiger partial charge in [-0.1, -0.05) is 60.7 Å². The minimum Gasteiger partial charge on any atom is -0.395 e. The topological polar surface area (TPSA) is 65.4 Å². The number of aliphatic hydroxyl groups is 2. The maximum absolute atomic E-state index is 9.42.